The maximum absolute atomic E-state index is 11.0. The first-order valence-corrected chi connectivity index (χ1v) is 4.54. The average molecular weight is 232 g/mol. The smallest absolute Gasteiger partial charge is 0.303 e. The third-order valence-electron chi connectivity index (χ3n) is 1.62. The van der Waals surface area contributed by atoms with Crippen molar-refractivity contribution in [1.82, 2.24) is 5.32 Å². The zero-order valence-electron chi connectivity index (χ0n) is 8.47. The Morgan fingerprint density at radius 2 is 1.81 bits per heavy atom. The van der Waals surface area contributed by atoms with Crippen molar-refractivity contribution >= 4 is 17.7 Å². The van der Waals surface area contributed by atoms with Crippen molar-refractivity contribution < 1.29 is 24.4 Å². The number of amides is 1. The molecule has 0 aliphatic rings. The number of carboxylic acids is 1. The number of nitrogens with one attached hydrogen (secondary N) is 1. The minimum Gasteiger partial charge on any atom is -0.481 e. The number of aliphatic carboxylic acids is 1. The van der Waals surface area contributed by atoms with Gasteiger partial charge in [0.05, 0.1) is 19.4 Å². The average Bonchev–Trinajstić information content (AvgIpc) is 2.20. The largest absolute Gasteiger partial charge is 0.481 e. The van der Waals surface area contributed by atoms with Crippen LogP contribution in [-0.4, -0.2) is 40.8 Å². The van der Waals surface area contributed by atoms with Gasteiger partial charge in [-0.25, -0.2) is 0 Å². The second-order valence-electron chi connectivity index (χ2n) is 3.02. The summed E-state index contributed by atoms with van der Waals surface area (Å²) in [5.74, 6) is -2.11. The third kappa shape index (κ3) is 8.60. The van der Waals surface area contributed by atoms with E-state index in [-0.39, 0.29) is 25.8 Å². The number of carbonyl (C=O) groups is 3. The molecule has 8 nitrogen and oxygen atoms in total. The van der Waals surface area contributed by atoms with Crippen molar-refractivity contribution in [3.8, 4) is 0 Å². The van der Waals surface area contributed by atoms with E-state index in [0.717, 1.165) is 0 Å². The first kappa shape index (κ1) is 14.0. The van der Waals surface area contributed by atoms with Crippen LogP contribution in [0, 0.1) is 10.1 Å². The van der Waals surface area contributed by atoms with E-state index in [1.54, 1.807) is 0 Å². The molecule has 0 radical (unpaired) electrons. The topological polar surface area (TPSA) is 127 Å². The first-order chi connectivity index (χ1) is 7.41. The molecule has 0 aliphatic heterocycles. The fourth-order valence-corrected chi connectivity index (χ4v) is 0.813. The number of carbonyl (C=O) groups excluding carboxylic acids is 2. The van der Waals surface area contributed by atoms with Crippen molar-refractivity contribution in [2.75, 3.05) is 13.1 Å². The monoisotopic (exact) mass is 232 g/mol. The van der Waals surface area contributed by atoms with Gasteiger partial charge >= 0.3 is 5.97 Å². The molecular weight excluding hydrogens is 220 g/mol. The van der Waals surface area contributed by atoms with E-state index in [9.17, 15) is 24.5 Å². The molecule has 90 valence electrons. The molecule has 0 heterocycles. The van der Waals surface area contributed by atoms with E-state index in [0.29, 0.717) is 0 Å². The lowest BCUT2D eigenvalue weighted by Gasteiger charge is -2.01. The Balaban J connectivity index is 3.63. The van der Waals surface area contributed by atoms with E-state index in [1.807, 2.05) is 0 Å². The third-order valence-corrected chi connectivity index (χ3v) is 1.62. The first-order valence-electron chi connectivity index (χ1n) is 4.54. The predicted octanol–water partition coefficient (Wildman–Crippen LogP) is -0.797. The Kier molecular flexibility index (Phi) is 6.41. The van der Waals surface area contributed by atoms with E-state index in [2.05, 4.69) is 5.32 Å². The van der Waals surface area contributed by atoms with Crippen LogP contribution in [0.1, 0.15) is 19.3 Å². The maximum atomic E-state index is 11.0. The molecule has 0 bridgehead atoms. The van der Waals surface area contributed by atoms with Crippen LogP contribution in [-0.2, 0) is 14.4 Å². The van der Waals surface area contributed by atoms with Gasteiger partial charge in [-0.2, -0.15) is 0 Å². The molecule has 2 N–H and O–H groups in total. The van der Waals surface area contributed by atoms with Crippen LogP contribution in [0.4, 0.5) is 0 Å². The van der Waals surface area contributed by atoms with Gasteiger partial charge in [0.25, 0.3) is 0 Å². The Hall–Kier alpha value is -1.99. The highest BCUT2D eigenvalue weighted by atomic mass is 16.6. The van der Waals surface area contributed by atoms with Gasteiger partial charge in [-0.05, 0) is 0 Å². The lowest BCUT2D eigenvalue weighted by atomic mass is 10.2. The Labute approximate surface area is 90.8 Å². The summed E-state index contributed by atoms with van der Waals surface area (Å²) in [6, 6.07) is 0. The van der Waals surface area contributed by atoms with Gasteiger partial charge in [0.2, 0.25) is 12.5 Å². The summed E-state index contributed by atoms with van der Waals surface area (Å²) in [6.45, 7) is -0.779. The molecule has 0 saturated carbocycles. The summed E-state index contributed by atoms with van der Waals surface area (Å²) < 4.78 is 0. The van der Waals surface area contributed by atoms with Crippen LogP contribution in [0.3, 0.4) is 0 Å². The minimum atomic E-state index is -1.09. The van der Waals surface area contributed by atoms with Crippen LogP contribution in [0.5, 0.6) is 0 Å². The van der Waals surface area contributed by atoms with Crippen LogP contribution >= 0.6 is 0 Å². The number of carboxylic acid groups (broad SMARTS) is 1. The Bertz CT molecular complexity index is 271. The van der Waals surface area contributed by atoms with E-state index >= 15 is 0 Å². The molecule has 0 aromatic carbocycles. The quantitative estimate of drug-likeness (QED) is 0.416. The molecule has 0 saturated heterocycles. The van der Waals surface area contributed by atoms with E-state index < -0.39 is 29.1 Å². The lowest BCUT2D eigenvalue weighted by molar-refractivity contribution is -0.478. The molecule has 0 spiro atoms. The summed E-state index contributed by atoms with van der Waals surface area (Å²) in [5, 5.41) is 20.4. The number of nitrogens with zero attached hydrogens (tertiary/aromatic N) is 1. The molecular formula is C8H12N2O6. The predicted molar refractivity (Wildman–Crippen MR) is 51.4 cm³/mol. The highest BCUT2D eigenvalue weighted by molar-refractivity contribution is 5.87. The number of hydrogen-bond donors (Lipinski definition) is 2. The summed E-state index contributed by atoms with van der Waals surface area (Å²) in [5.41, 5.74) is 0. The SMILES string of the molecule is O=C(O)CCC(=O)CNC(=O)CC[N+](=O)[O-]. The van der Waals surface area contributed by atoms with Crippen LogP contribution < -0.4 is 5.32 Å². The summed E-state index contributed by atoms with van der Waals surface area (Å²) in [7, 11) is 0. The number of nitro groups is 1. The molecule has 1 amide bonds. The highest BCUT2D eigenvalue weighted by Crippen LogP contribution is 1.90. The summed E-state index contributed by atoms with van der Waals surface area (Å²) >= 11 is 0. The van der Waals surface area contributed by atoms with Gasteiger partial charge in [0.15, 0.2) is 5.78 Å². The molecule has 0 unspecified atom stereocenters. The van der Waals surface area contributed by atoms with Crippen LogP contribution in [0.15, 0.2) is 0 Å². The Morgan fingerprint density at radius 1 is 1.19 bits per heavy atom. The van der Waals surface area contributed by atoms with Gasteiger partial charge in [0, 0.05) is 11.3 Å². The molecule has 0 aliphatic carbocycles. The van der Waals surface area contributed by atoms with E-state index in [1.165, 1.54) is 0 Å². The highest BCUT2D eigenvalue weighted by Gasteiger charge is 2.09. The lowest BCUT2D eigenvalue weighted by Crippen LogP contribution is -2.30. The Morgan fingerprint density at radius 3 is 2.31 bits per heavy atom. The maximum Gasteiger partial charge on any atom is 0.303 e. The van der Waals surface area contributed by atoms with Crippen molar-refractivity contribution in [3.63, 3.8) is 0 Å². The van der Waals surface area contributed by atoms with Gasteiger partial charge in [-0.1, -0.05) is 0 Å². The zero-order chi connectivity index (χ0) is 12.6. The molecule has 16 heavy (non-hydrogen) atoms. The number of rotatable bonds is 8. The molecule has 0 aromatic rings. The normalized spacial score (nSPS) is 9.50. The minimum absolute atomic E-state index is 0.162. The standard InChI is InChI=1S/C8H12N2O6/c11-6(1-2-8(13)14)5-9-7(12)3-4-10(15)16/h1-5H2,(H,9,12)(H,13,14). The summed E-state index contributed by atoms with van der Waals surface area (Å²) in [4.78, 5) is 41.3. The molecule has 0 fully saturated rings. The zero-order valence-corrected chi connectivity index (χ0v) is 8.47. The fourth-order valence-electron chi connectivity index (χ4n) is 0.813. The molecule has 8 heteroatoms. The second-order valence-corrected chi connectivity index (χ2v) is 3.02. The van der Waals surface area contributed by atoms with E-state index in [4.69, 9.17) is 5.11 Å². The molecule has 0 aromatic heterocycles. The van der Waals surface area contributed by atoms with Gasteiger partial charge in [-0.3, -0.25) is 24.5 Å². The number of hydrogen-bond acceptors (Lipinski definition) is 5. The fraction of sp³-hybridized carbons (Fsp3) is 0.625. The number of ketones is 1. The van der Waals surface area contributed by atoms with Crippen LogP contribution in [0.2, 0.25) is 0 Å². The molecule has 0 atom stereocenters. The molecule has 0 rings (SSSR count). The van der Waals surface area contributed by atoms with Crippen molar-refractivity contribution in [3.05, 3.63) is 10.1 Å². The van der Waals surface area contributed by atoms with Crippen LogP contribution in [0.25, 0.3) is 0 Å². The van der Waals surface area contributed by atoms with Gasteiger partial charge in [-0.15, -0.1) is 0 Å². The van der Waals surface area contributed by atoms with Gasteiger partial charge in [0.1, 0.15) is 0 Å². The van der Waals surface area contributed by atoms with Crippen molar-refractivity contribution in [1.29, 1.82) is 0 Å². The van der Waals surface area contributed by atoms with Gasteiger partial charge < -0.3 is 10.4 Å². The second kappa shape index (κ2) is 7.32. The summed E-state index contributed by atoms with van der Waals surface area (Å²) in [6.07, 6.45) is -0.742. The van der Waals surface area contributed by atoms with Crippen molar-refractivity contribution in [2.24, 2.45) is 0 Å². The number of Topliss-reactive ketones (excluding diaryl/α,β-unsaturated/α-hetero) is 1. The van der Waals surface area contributed by atoms with Crippen molar-refractivity contribution in [2.45, 2.75) is 19.3 Å².